The van der Waals surface area contributed by atoms with E-state index in [1.54, 1.807) is 0 Å². The van der Waals surface area contributed by atoms with Crippen molar-refractivity contribution in [3.8, 4) is 0 Å². The minimum Gasteiger partial charge on any atom is -0.468 e. The summed E-state index contributed by atoms with van der Waals surface area (Å²) in [4.78, 5) is 14.4. The predicted octanol–water partition coefficient (Wildman–Crippen LogP) is 2.88. The number of hydrogen-bond acceptors (Lipinski definition) is 3. The molecule has 0 amide bonds. The van der Waals surface area contributed by atoms with Crippen molar-refractivity contribution in [3.63, 3.8) is 0 Å². The van der Waals surface area contributed by atoms with Crippen LogP contribution >= 0.6 is 0 Å². The van der Waals surface area contributed by atoms with Crippen molar-refractivity contribution >= 4 is 5.97 Å². The van der Waals surface area contributed by atoms with Gasteiger partial charge in [-0.25, -0.2) is 0 Å². The monoisotopic (exact) mass is 287 g/mol. The summed E-state index contributed by atoms with van der Waals surface area (Å²) in [6, 6.07) is 7.34. The Bertz CT molecular complexity index is 526. The molecule has 0 aromatic heterocycles. The molecule has 1 fully saturated rings. The molecular formula is C18H25NO2. The molecule has 114 valence electrons. The minimum atomic E-state index is -0.0508. The average Bonchev–Trinajstić information content (AvgIpc) is 2.88. The summed E-state index contributed by atoms with van der Waals surface area (Å²) in [6.07, 6.45) is 6.64. The van der Waals surface area contributed by atoms with Crippen LogP contribution in [0.2, 0.25) is 0 Å². The number of hydrogen-bond donors (Lipinski definition) is 0. The van der Waals surface area contributed by atoms with E-state index in [1.807, 2.05) is 0 Å². The molecule has 3 nitrogen and oxygen atoms in total. The molecule has 0 bridgehead atoms. The second kappa shape index (κ2) is 6.18. The summed E-state index contributed by atoms with van der Waals surface area (Å²) >= 11 is 0. The predicted molar refractivity (Wildman–Crippen MR) is 83.4 cm³/mol. The van der Waals surface area contributed by atoms with Crippen molar-refractivity contribution < 1.29 is 9.53 Å². The Morgan fingerprint density at radius 3 is 2.71 bits per heavy atom. The molecule has 2 atom stereocenters. The molecule has 1 aliphatic carbocycles. The molecule has 1 heterocycles. The topological polar surface area (TPSA) is 29.5 Å². The number of benzene rings is 1. The van der Waals surface area contributed by atoms with Gasteiger partial charge in [0.2, 0.25) is 0 Å². The molecule has 2 aliphatic rings. The number of nitrogens with zero attached hydrogens (tertiary/aromatic N) is 1. The lowest BCUT2D eigenvalue weighted by Crippen LogP contribution is -2.43. The molecule has 0 N–H and O–H groups in total. The molecule has 3 rings (SSSR count). The molecule has 21 heavy (non-hydrogen) atoms. The van der Waals surface area contributed by atoms with E-state index in [0.29, 0.717) is 6.04 Å². The molecular weight excluding hydrogens is 262 g/mol. The van der Waals surface area contributed by atoms with Crippen LogP contribution in [0.25, 0.3) is 0 Å². The third-order valence-electron chi connectivity index (χ3n) is 5.09. The second-order valence-corrected chi connectivity index (χ2v) is 6.42. The van der Waals surface area contributed by atoms with Crippen LogP contribution in [-0.2, 0) is 22.4 Å². The molecule has 1 aromatic carbocycles. The highest BCUT2D eigenvalue weighted by Gasteiger charge is 2.36. The van der Waals surface area contributed by atoms with Crippen LogP contribution in [0.4, 0.5) is 0 Å². The van der Waals surface area contributed by atoms with Gasteiger partial charge in [-0.1, -0.05) is 23.8 Å². The first kappa shape index (κ1) is 14.6. The van der Waals surface area contributed by atoms with Crippen molar-refractivity contribution in [1.29, 1.82) is 0 Å². The van der Waals surface area contributed by atoms with Gasteiger partial charge in [-0.15, -0.1) is 0 Å². The van der Waals surface area contributed by atoms with Gasteiger partial charge in [-0.2, -0.15) is 0 Å². The zero-order chi connectivity index (χ0) is 14.8. The zero-order valence-corrected chi connectivity index (χ0v) is 13.1. The van der Waals surface area contributed by atoms with Crippen molar-refractivity contribution in [3.05, 3.63) is 34.9 Å². The molecule has 1 saturated heterocycles. The molecule has 0 spiro atoms. The highest BCUT2D eigenvalue weighted by molar-refractivity contribution is 5.76. The normalized spacial score (nSPS) is 26.2. The van der Waals surface area contributed by atoms with Crippen molar-refractivity contribution in [1.82, 2.24) is 4.90 Å². The number of ether oxygens (including phenoxy) is 1. The van der Waals surface area contributed by atoms with E-state index in [2.05, 4.69) is 30.0 Å². The fourth-order valence-electron chi connectivity index (χ4n) is 3.97. The van der Waals surface area contributed by atoms with Gasteiger partial charge >= 0.3 is 5.97 Å². The van der Waals surface area contributed by atoms with Gasteiger partial charge in [0.1, 0.15) is 6.04 Å². The maximum atomic E-state index is 12.0. The van der Waals surface area contributed by atoms with Gasteiger partial charge in [-0.3, -0.25) is 9.69 Å². The minimum absolute atomic E-state index is 0.0112. The van der Waals surface area contributed by atoms with Crippen LogP contribution in [-0.4, -0.2) is 36.6 Å². The number of carbonyl (C=O) groups is 1. The zero-order valence-electron chi connectivity index (χ0n) is 13.1. The van der Waals surface area contributed by atoms with E-state index in [0.717, 1.165) is 45.1 Å². The summed E-state index contributed by atoms with van der Waals surface area (Å²) in [5.74, 6) is -0.0508. The summed E-state index contributed by atoms with van der Waals surface area (Å²) < 4.78 is 4.98. The van der Waals surface area contributed by atoms with E-state index in [4.69, 9.17) is 4.74 Å². The number of rotatable bonds is 2. The third-order valence-corrected chi connectivity index (χ3v) is 5.09. The largest absolute Gasteiger partial charge is 0.468 e. The van der Waals surface area contributed by atoms with Gasteiger partial charge in [-0.05, 0) is 63.1 Å². The number of aryl methyl sites for hydroxylation is 3. The van der Waals surface area contributed by atoms with Crippen LogP contribution in [0.3, 0.4) is 0 Å². The van der Waals surface area contributed by atoms with Gasteiger partial charge in [0, 0.05) is 6.04 Å². The first-order chi connectivity index (χ1) is 10.2. The Hall–Kier alpha value is -1.35. The molecule has 1 aromatic rings. The lowest BCUT2D eigenvalue weighted by molar-refractivity contribution is -0.146. The number of esters is 1. The summed E-state index contributed by atoms with van der Waals surface area (Å²) in [6.45, 7) is 3.20. The highest BCUT2D eigenvalue weighted by atomic mass is 16.5. The van der Waals surface area contributed by atoms with E-state index in [-0.39, 0.29) is 12.0 Å². The van der Waals surface area contributed by atoms with Gasteiger partial charge in [0.05, 0.1) is 7.11 Å². The van der Waals surface area contributed by atoms with Crippen LogP contribution in [0.5, 0.6) is 0 Å². The fourth-order valence-corrected chi connectivity index (χ4v) is 3.97. The van der Waals surface area contributed by atoms with Crippen LogP contribution in [0.15, 0.2) is 18.2 Å². The molecule has 3 heteroatoms. The summed E-state index contributed by atoms with van der Waals surface area (Å²) in [5.41, 5.74) is 4.35. The Balaban J connectivity index is 1.73. The Labute approximate surface area is 127 Å². The molecule has 0 radical (unpaired) electrons. The number of carbonyl (C=O) groups excluding carboxylic acids is 1. The lowest BCUT2D eigenvalue weighted by atomic mass is 10.0. The lowest BCUT2D eigenvalue weighted by Gasteiger charge is -2.31. The Kier molecular flexibility index (Phi) is 4.29. The summed E-state index contributed by atoms with van der Waals surface area (Å²) in [7, 11) is 1.50. The van der Waals surface area contributed by atoms with Gasteiger partial charge < -0.3 is 4.74 Å². The maximum Gasteiger partial charge on any atom is 0.323 e. The van der Waals surface area contributed by atoms with E-state index < -0.39 is 0 Å². The first-order valence-corrected chi connectivity index (χ1v) is 8.11. The number of fused-ring (bicyclic) bond motifs is 1. The van der Waals surface area contributed by atoms with Crippen molar-refractivity contribution in [2.45, 2.75) is 57.5 Å². The van der Waals surface area contributed by atoms with Crippen molar-refractivity contribution in [2.24, 2.45) is 0 Å². The average molecular weight is 287 g/mol. The van der Waals surface area contributed by atoms with E-state index >= 15 is 0 Å². The number of likely N-dealkylation sites (tertiary alicyclic amines) is 1. The molecule has 0 saturated carbocycles. The SMILES string of the molecule is COC(=O)[C@@H]1CCCN1C1CCc2ccc(C)cc2CC1. The Morgan fingerprint density at radius 2 is 1.95 bits per heavy atom. The third kappa shape index (κ3) is 2.98. The van der Waals surface area contributed by atoms with Crippen LogP contribution < -0.4 is 0 Å². The maximum absolute atomic E-state index is 12.0. The number of methoxy groups -OCH3 is 1. The van der Waals surface area contributed by atoms with Gasteiger partial charge in [0.15, 0.2) is 0 Å². The Morgan fingerprint density at radius 1 is 1.19 bits per heavy atom. The van der Waals surface area contributed by atoms with E-state index in [9.17, 15) is 4.79 Å². The first-order valence-electron chi connectivity index (χ1n) is 8.11. The standard InChI is InChI=1S/C18H25NO2/c1-13-5-6-14-7-9-16(10-8-15(14)12-13)19-11-3-4-17(19)18(20)21-2/h5-6,12,16-17H,3-4,7-11H2,1-2H3/t16?,17-/m0/s1. The van der Waals surface area contributed by atoms with Crippen molar-refractivity contribution in [2.75, 3.05) is 13.7 Å². The quantitative estimate of drug-likeness (QED) is 0.619. The molecule has 1 unspecified atom stereocenters. The second-order valence-electron chi connectivity index (χ2n) is 6.42. The molecule has 1 aliphatic heterocycles. The fraction of sp³-hybridized carbons (Fsp3) is 0.611. The smallest absolute Gasteiger partial charge is 0.323 e. The van der Waals surface area contributed by atoms with Crippen LogP contribution in [0.1, 0.15) is 42.4 Å². The summed E-state index contributed by atoms with van der Waals surface area (Å²) in [5, 5.41) is 0. The van der Waals surface area contributed by atoms with E-state index in [1.165, 1.54) is 23.8 Å². The van der Waals surface area contributed by atoms with Crippen LogP contribution in [0, 0.1) is 6.92 Å². The highest BCUT2D eigenvalue weighted by Crippen LogP contribution is 2.29. The van der Waals surface area contributed by atoms with Gasteiger partial charge in [0.25, 0.3) is 0 Å².